The van der Waals surface area contributed by atoms with E-state index in [1.807, 2.05) is 6.92 Å². The fourth-order valence-corrected chi connectivity index (χ4v) is 2.75. The second-order valence-corrected chi connectivity index (χ2v) is 5.93. The van der Waals surface area contributed by atoms with E-state index in [4.69, 9.17) is 5.73 Å². The van der Waals surface area contributed by atoms with Crippen molar-refractivity contribution < 1.29 is 13.2 Å². The lowest BCUT2D eigenvalue weighted by Crippen LogP contribution is -2.37. The Morgan fingerprint density at radius 3 is 2.63 bits per heavy atom. The van der Waals surface area contributed by atoms with E-state index in [-0.39, 0.29) is 17.3 Å². The van der Waals surface area contributed by atoms with Gasteiger partial charge < -0.3 is 11.1 Å². The number of nitrogen functional groups attached to an aromatic ring is 1. The second kappa shape index (κ2) is 6.53. The van der Waals surface area contributed by atoms with Crippen LogP contribution >= 0.6 is 0 Å². The van der Waals surface area contributed by atoms with Crippen LogP contribution < -0.4 is 15.8 Å². The highest BCUT2D eigenvalue weighted by Gasteiger charge is 2.17. The maximum Gasteiger partial charge on any atom is 0.241 e. The first-order chi connectivity index (χ1) is 8.86. The molecule has 1 aromatic rings. The number of carbonyl (C=O) groups is 1. The molecule has 0 radical (unpaired) electrons. The molecule has 0 atom stereocenters. The summed E-state index contributed by atoms with van der Waals surface area (Å²) in [5, 5.41) is 2.59. The van der Waals surface area contributed by atoms with Crippen molar-refractivity contribution in [2.75, 3.05) is 18.8 Å². The molecular weight excluding hydrogens is 266 g/mol. The first-order valence-corrected chi connectivity index (χ1v) is 7.47. The van der Waals surface area contributed by atoms with Gasteiger partial charge in [0.25, 0.3) is 0 Å². The van der Waals surface area contributed by atoms with Crippen LogP contribution in [-0.4, -0.2) is 27.4 Å². The van der Waals surface area contributed by atoms with E-state index in [0.717, 1.165) is 6.42 Å². The Labute approximate surface area is 113 Å². The lowest BCUT2D eigenvalue weighted by Gasteiger charge is -2.10. The molecule has 1 amide bonds. The highest BCUT2D eigenvalue weighted by molar-refractivity contribution is 7.89. The van der Waals surface area contributed by atoms with Crippen LogP contribution in [0.1, 0.15) is 18.9 Å². The molecule has 0 saturated carbocycles. The summed E-state index contributed by atoms with van der Waals surface area (Å²) < 4.78 is 26.3. The quantitative estimate of drug-likeness (QED) is 0.658. The molecular formula is C12H19N3O3S. The normalized spacial score (nSPS) is 11.3. The van der Waals surface area contributed by atoms with E-state index in [1.54, 1.807) is 13.0 Å². The number of benzene rings is 1. The monoisotopic (exact) mass is 285 g/mol. The summed E-state index contributed by atoms with van der Waals surface area (Å²) in [5.74, 6) is -0.349. The summed E-state index contributed by atoms with van der Waals surface area (Å²) in [4.78, 5) is 11.5. The predicted molar refractivity (Wildman–Crippen MR) is 74.1 cm³/mol. The van der Waals surface area contributed by atoms with Gasteiger partial charge in [-0.1, -0.05) is 6.92 Å². The average Bonchev–Trinajstić information content (AvgIpc) is 2.33. The molecule has 1 rings (SSSR count). The van der Waals surface area contributed by atoms with Crippen LogP contribution in [0.15, 0.2) is 23.1 Å². The van der Waals surface area contributed by atoms with Crippen molar-refractivity contribution in [1.29, 1.82) is 0 Å². The van der Waals surface area contributed by atoms with Crippen molar-refractivity contribution in [3.8, 4) is 0 Å². The van der Waals surface area contributed by atoms with E-state index >= 15 is 0 Å². The SMILES string of the molecule is CCCNC(=O)CNS(=O)(=O)c1ccc(N)cc1C. The first-order valence-electron chi connectivity index (χ1n) is 5.99. The third-order valence-electron chi connectivity index (χ3n) is 2.48. The first kappa shape index (κ1) is 15.5. The van der Waals surface area contributed by atoms with Crippen molar-refractivity contribution in [2.45, 2.75) is 25.2 Å². The van der Waals surface area contributed by atoms with Gasteiger partial charge in [0, 0.05) is 12.2 Å². The summed E-state index contributed by atoms with van der Waals surface area (Å²) in [6, 6.07) is 4.52. The van der Waals surface area contributed by atoms with Gasteiger partial charge in [-0.05, 0) is 37.1 Å². The number of sulfonamides is 1. The van der Waals surface area contributed by atoms with Crippen LogP contribution in [0.2, 0.25) is 0 Å². The van der Waals surface area contributed by atoms with Crippen LogP contribution in [-0.2, 0) is 14.8 Å². The number of rotatable bonds is 6. The molecule has 0 heterocycles. The number of nitrogens with one attached hydrogen (secondary N) is 2. The van der Waals surface area contributed by atoms with Gasteiger partial charge in [0.1, 0.15) is 0 Å². The summed E-state index contributed by atoms with van der Waals surface area (Å²) in [7, 11) is -3.69. The van der Waals surface area contributed by atoms with E-state index in [1.165, 1.54) is 12.1 Å². The minimum atomic E-state index is -3.69. The molecule has 1 aromatic carbocycles. The number of carbonyl (C=O) groups excluding carboxylic acids is 1. The van der Waals surface area contributed by atoms with Gasteiger partial charge in [0.2, 0.25) is 15.9 Å². The molecule has 0 saturated heterocycles. The van der Waals surface area contributed by atoms with E-state index in [9.17, 15) is 13.2 Å². The highest BCUT2D eigenvalue weighted by atomic mass is 32.2. The Balaban J connectivity index is 2.73. The van der Waals surface area contributed by atoms with Crippen molar-refractivity contribution >= 4 is 21.6 Å². The highest BCUT2D eigenvalue weighted by Crippen LogP contribution is 2.17. The number of nitrogens with two attached hydrogens (primary N) is 1. The summed E-state index contributed by atoms with van der Waals surface area (Å²) >= 11 is 0. The fraction of sp³-hybridized carbons (Fsp3) is 0.417. The molecule has 0 fully saturated rings. The molecule has 0 aromatic heterocycles. The van der Waals surface area contributed by atoms with Crippen LogP contribution in [0.25, 0.3) is 0 Å². The van der Waals surface area contributed by atoms with Crippen molar-refractivity contribution in [2.24, 2.45) is 0 Å². The zero-order chi connectivity index (χ0) is 14.5. The predicted octanol–water partition coefficient (Wildman–Crippen LogP) is 0.382. The van der Waals surface area contributed by atoms with Crippen LogP contribution in [0.3, 0.4) is 0 Å². The minimum absolute atomic E-state index is 0.130. The lowest BCUT2D eigenvalue weighted by molar-refractivity contribution is -0.119. The largest absolute Gasteiger partial charge is 0.399 e. The number of aryl methyl sites for hydroxylation is 1. The summed E-state index contributed by atoms with van der Waals surface area (Å²) in [6.07, 6.45) is 0.801. The van der Waals surface area contributed by atoms with Crippen LogP contribution in [0.5, 0.6) is 0 Å². The molecule has 4 N–H and O–H groups in total. The maximum absolute atomic E-state index is 12.0. The van der Waals surface area contributed by atoms with Gasteiger partial charge in [-0.25, -0.2) is 13.1 Å². The average molecular weight is 285 g/mol. The fourth-order valence-electron chi connectivity index (χ4n) is 1.54. The zero-order valence-corrected chi connectivity index (χ0v) is 11.9. The van der Waals surface area contributed by atoms with E-state index < -0.39 is 10.0 Å². The lowest BCUT2D eigenvalue weighted by atomic mass is 10.2. The number of anilines is 1. The zero-order valence-electron chi connectivity index (χ0n) is 11.1. The molecule has 0 unspecified atom stereocenters. The maximum atomic E-state index is 12.0. The van der Waals surface area contributed by atoms with Gasteiger partial charge in [0.15, 0.2) is 0 Å². The molecule has 6 nitrogen and oxygen atoms in total. The van der Waals surface area contributed by atoms with Crippen molar-refractivity contribution in [1.82, 2.24) is 10.0 Å². The van der Waals surface area contributed by atoms with Gasteiger partial charge in [-0.2, -0.15) is 0 Å². The smallest absolute Gasteiger partial charge is 0.241 e. The van der Waals surface area contributed by atoms with Gasteiger partial charge in [-0.15, -0.1) is 0 Å². The van der Waals surface area contributed by atoms with E-state index in [0.29, 0.717) is 17.8 Å². The van der Waals surface area contributed by atoms with Gasteiger partial charge in [-0.3, -0.25) is 4.79 Å². The van der Waals surface area contributed by atoms with Crippen LogP contribution in [0, 0.1) is 6.92 Å². The summed E-state index contributed by atoms with van der Waals surface area (Å²) in [6.45, 7) is 3.83. The molecule has 0 aliphatic rings. The molecule has 0 aliphatic heterocycles. The Bertz CT molecular complexity index is 555. The van der Waals surface area contributed by atoms with Crippen molar-refractivity contribution in [3.05, 3.63) is 23.8 Å². The topological polar surface area (TPSA) is 101 Å². The Kier molecular flexibility index (Phi) is 5.31. The van der Waals surface area contributed by atoms with Gasteiger partial charge >= 0.3 is 0 Å². The third-order valence-corrected chi connectivity index (χ3v) is 4.04. The van der Waals surface area contributed by atoms with Crippen molar-refractivity contribution in [3.63, 3.8) is 0 Å². The molecule has 0 aliphatic carbocycles. The molecule has 0 bridgehead atoms. The molecule has 106 valence electrons. The Morgan fingerprint density at radius 2 is 2.05 bits per heavy atom. The Morgan fingerprint density at radius 1 is 1.37 bits per heavy atom. The minimum Gasteiger partial charge on any atom is -0.399 e. The van der Waals surface area contributed by atoms with E-state index in [2.05, 4.69) is 10.0 Å². The van der Waals surface area contributed by atoms with Crippen LogP contribution in [0.4, 0.5) is 5.69 Å². The molecule has 19 heavy (non-hydrogen) atoms. The summed E-state index contributed by atoms with van der Waals surface area (Å²) in [5.41, 5.74) is 6.61. The second-order valence-electron chi connectivity index (χ2n) is 4.20. The third kappa shape index (κ3) is 4.53. The molecule has 7 heteroatoms. The number of amides is 1. The number of hydrogen-bond acceptors (Lipinski definition) is 4. The standard InChI is InChI=1S/C12H19N3O3S/c1-3-6-14-12(16)8-15-19(17,18)11-5-4-10(13)7-9(11)2/h4-5,7,15H,3,6,8,13H2,1-2H3,(H,14,16). The van der Waals surface area contributed by atoms with Gasteiger partial charge in [0.05, 0.1) is 11.4 Å². The Hall–Kier alpha value is -1.60. The number of hydrogen-bond donors (Lipinski definition) is 3. The molecule has 0 spiro atoms.